The molecule has 0 saturated heterocycles. The van der Waals surface area contributed by atoms with E-state index in [2.05, 4.69) is 12.2 Å². The summed E-state index contributed by atoms with van der Waals surface area (Å²) in [5.41, 5.74) is 1.03. The molecule has 3 aliphatic carbocycles. The molecule has 2 bridgehead atoms. The van der Waals surface area contributed by atoms with E-state index in [0.717, 1.165) is 17.5 Å². The Bertz CT molecular complexity index is 230. The van der Waals surface area contributed by atoms with Gasteiger partial charge in [-0.25, -0.2) is 0 Å². The Kier molecular flexibility index (Phi) is 1.27. The Morgan fingerprint density at radius 2 is 1.50 bits per heavy atom. The molecule has 0 aromatic heterocycles. The summed E-state index contributed by atoms with van der Waals surface area (Å²) in [5, 5.41) is 7.96. The minimum absolute atomic E-state index is 0.556. The standard InChI is InChI=1S/C11H15N/c12-11-9-5-6-10(11)8-4-2-1-3-7(8)9/h5-10,12H,1-4H2/t7-,8+,9-,10+. The van der Waals surface area contributed by atoms with E-state index in [1.165, 1.54) is 25.7 Å². The van der Waals surface area contributed by atoms with Gasteiger partial charge in [-0.2, -0.15) is 0 Å². The first-order chi connectivity index (χ1) is 5.88. The van der Waals surface area contributed by atoms with Gasteiger partial charge in [-0.3, -0.25) is 0 Å². The van der Waals surface area contributed by atoms with Crippen LogP contribution >= 0.6 is 0 Å². The zero-order chi connectivity index (χ0) is 8.13. The average molecular weight is 161 g/mol. The van der Waals surface area contributed by atoms with E-state index in [1.54, 1.807) is 0 Å². The fraction of sp³-hybridized carbons (Fsp3) is 0.727. The summed E-state index contributed by atoms with van der Waals surface area (Å²) in [6.45, 7) is 0. The van der Waals surface area contributed by atoms with E-state index in [1.807, 2.05) is 0 Å². The summed E-state index contributed by atoms with van der Waals surface area (Å²) in [6.07, 6.45) is 10.2. The molecule has 0 aromatic rings. The minimum Gasteiger partial charge on any atom is -0.308 e. The highest BCUT2D eigenvalue weighted by molar-refractivity contribution is 5.94. The minimum atomic E-state index is 0.556. The summed E-state index contributed by atoms with van der Waals surface area (Å²) in [4.78, 5) is 0. The van der Waals surface area contributed by atoms with E-state index < -0.39 is 0 Å². The first-order valence-electron chi connectivity index (χ1n) is 5.14. The smallest absolute Gasteiger partial charge is 0.0232 e. The molecule has 4 atom stereocenters. The number of hydrogen-bond donors (Lipinski definition) is 1. The lowest BCUT2D eigenvalue weighted by atomic mass is 9.73. The highest BCUT2D eigenvalue weighted by Gasteiger charge is 2.48. The van der Waals surface area contributed by atoms with Gasteiger partial charge in [0.25, 0.3) is 0 Å². The van der Waals surface area contributed by atoms with Crippen molar-refractivity contribution in [3.63, 3.8) is 0 Å². The molecule has 0 radical (unpaired) electrons. The summed E-state index contributed by atoms with van der Waals surface area (Å²) in [7, 11) is 0. The summed E-state index contributed by atoms with van der Waals surface area (Å²) < 4.78 is 0. The Labute approximate surface area is 73.4 Å². The fourth-order valence-corrected chi connectivity index (χ4v) is 3.50. The Balaban J connectivity index is 1.98. The van der Waals surface area contributed by atoms with E-state index in [-0.39, 0.29) is 0 Å². The van der Waals surface area contributed by atoms with Gasteiger partial charge in [0.1, 0.15) is 0 Å². The van der Waals surface area contributed by atoms with Crippen LogP contribution in [0.1, 0.15) is 25.7 Å². The van der Waals surface area contributed by atoms with E-state index in [9.17, 15) is 0 Å². The van der Waals surface area contributed by atoms with Crippen molar-refractivity contribution in [1.29, 1.82) is 5.41 Å². The molecule has 0 aliphatic heterocycles. The zero-order valence-electron chi connectivity index (χ0n) is 7.29. The van der Waals surface area contributed by atoms with Crippen molar-refractivity contribution in [3.8, 4) is 0 Å². The van der Waals surface area contributed by atoms with Gasteiger partial charge in [-0.1, -0.05) is 25.0 Å². The molecular weight excluding hydrogens is 146 g/mol. The molecule has 3 aliphatic rings. The van der Waals surface area contributed by atoms with Crippen LogP contribution in [0.3, 0.4) is 0 Å². The lowest BCUT2D eigenvalue weighted by Crippen LogP contribution is -2.22. The molecular formula is C11H15N. The van der Waals surface area contributed by atoms with Gasteiger partial charge in [0.05, 0.1) is 0 Å². The third-order valence-corrected chi connectivity index (χ3v) is 4.04. The van der Waals surface area contributed by atoms with Gasteiger partial charge in [0.2, 0.25) is 0 Å². The second-order valence-corrected chi connectivity index (χ2v) is 4.50. The van der Waals surface area contributed by atoms with Crippen LogP contribution in [0.25, 0.3) is 0 Å². The van der Waals surface area contributed by atoms with Crippen molar-refractivity contribution in [2.24, 2.45) is 23.7 Å². The first-order valence-corrected chi connectivity index (χ1v) is 5.14. The first kappa shape index (κ1) is 6.88. The number of hydrogen-bond acceptors (Lipinski definition) is 1. The van der Waals surface area contributed by atoms with E-state index in [0.29, 0.717) is 11.8 Å². The molecule has 0 spiro atoms. The second kappa shape index (κ2) is 2.21. The molecule has 64 valence electrons. The van der Waals surface area contributed by atoms with Crippen molar-refractivity contribution in [2.45, 2.75) is 25.7 Å². The van der Waals surface area contributed by atoms with Crippen molar-refractivity contribution in [1.82, 2.24) is 0 Å². The summed E-state index contributed by atoms with van der Waals surface area (Å²) >= 11 is 0. The predicted octanol–water partition coefficient (Wildman–Crippen LogP) is 2.63. The largest absolute Gasteiger partial charge is 0.308 e. The SMILES string of the molecule is N=C1[C@H]2C=C[C@@H]1[C@@H]1CCCC[C@@H]12. The Morgan fingerprint density at radius 1 is 1.00 bits per heavy atom. The van der Waals surface area contributed by atoms with Crippen LogP contribution in [-0.2, 0) is 0 Å². The number of nitrogens with one attached hydrogen (secondary N) is 1. The maximum absolute atomic E-state index is 7.96. The van der Waals surface area contributed by atoms with Gasteiger partial charge < -0.3 is 5.41 Å². The molecule has 3 rings (SSSR count). The van der Waals surface area contributed by atoms with Crippen LogP contribution in [0.4, 0.5) is 0 Å². The van der Waals surface area contributed by atoms with E-state index >= 15 is 0 Å². The number of allylic oxidation sites excluding steroid dienone is 2. The van der Waals surface area contributed by atoms with Crippen LogP contribution in [0.2, 0.25) is 0 Å². The van der Waals surface area contributed by atoms with Crippen LogP contribution in [0.15, 0.2) is 12.2 Å². The molecule has 1 heteroatoms. The maximum atomic E-state index is 7.96. The quantitative estimate of drug-likeness (QED) is 0.528. The molecule has 1 N–H and O–H groups in total. The number of fused-ring (bicyclic) bond motifs is 5. The van der Waals surface area contributed by atoms with Crippen LogP contribution in [0, 0.1) is 29.1 Å². The lowest BCUT2D eigenvalue weighted by molar-refractivity contribution is 0.221. The molecule has 12 heavy (non-hydrogen) atoms. The average Bonchev–Trinajstić information content (AvgIpc) is 2.61. The normalized spacial score (nSPS) is 49.8. The molecule has 2 saturated carbocycles. The van der Waals surface area contributed by atoms with Gasteiger partial charge in [0, 0.05) is 17.5 Å². The third-order valence-electron chi connectivity index (χ3n) is 4.04. The van der Waals surface area contributed by atoms with Crippen molar-refractivity contribution >= 4 is 5.71 Å². The third kappa shape index (κ3) is 0.675. The Morgan fingerprint density at radius 3 is 2.00 bits per heavy atom. The summed E-state index contributed by atoms with van der Waals surface area (Å²) in [6, 6.07) is 0. The van der Waals surface area contributed by atoms with Crippen LogP contribution < -0.4 is 0 Å². The fourth-order valence-electron chi connectivity index (χ4n) is 3.50. The summed E-state index contributed by atoms with van der Waals surface area (Å²) in [5.74, 6) is 2.84. The Hall–Kier alpha value is -0.590. The second-order valence-electron chi connectivity index (χ2n) is 4.50. The predicted molar refractivity (Wildman–Crippen MR) is 49.3 cm³/mol. The number of rotatable bonds is 0. The molecule has 0 heterocycles. The van der Waals surface area contributed by atoms with Crippen LogP contribution in [0.5, 0.6) is 0 Å². The maximum Gasteiger partial charge on any atom is 0.0232 e. The van der Waals surface area contributed by atoms with Gasteiger partial charge >= 0.3 is 0 Å². The molecule has 0 amide bonds. The van der Waals surface area contributed by atoms with Gasteiger partial charge in [0.15, 0.2) is 0 Å². The topological polar surface area (TPSA) is 23.9 Å². The monoisotopic (exact) mass is 161 g/mol. The molecule has 0 unspecified atom stereocenters. The molecule has 0 aromatic carbocycles. The zero-order valence-corrected chi connectivity index (χ0v) is 7.29. The highest BCUT2D eigenvalue weighted by atomic mass is 14.6. The highest BCUT2D eigenvalue weighted by Crippen LogP contribution is 2.51. The lowest BCUT2D eigenvalue weighted by Gasteiger charge is -2.31. The van der Waals surface area contributed by atoms with Gasteiger partial charge in [-0.05, 0) is 24.7 Å². The molecule has 2 fully saturated rings. The van der Waals surface area contributed by atoms with Crippen molar-refractivity contribution in [3.05, 3.63) is 12.2 Å². The van der Waals surface area contributed by atoms with Crippen molar-refractivity contribution in [2.75, 3.05) is 0 Å². The molecule has 1 nitrogen and oxygen atoms in total. The van der Waals surface area contributed by atoms with E-state index in [4.69, 9.17) is 5.41 Å². The van der Waals surface area contributed by atoms with Gasteiger partial charge in [-0.15, -0.1) is 0 Å². The van der Waals surface area contributed by atoms with Crippen LogP contribution in [-0.4, -0.2) is 5.71 Å². The van der Waals surface area contributed by atoms with Crippen molar-refractivity contribution < 1.29 is 0 Å².